The Hall–Kier alpha value is -6.70. The summed E-state index contributed by atoms with van der Waals surface area (Å²) in [7, 11) is 0. The van der Waals surface area contributed by atoms with Gasteiger partial charge in [-0.2, -0.15) is 0 Å². The van der Waals surface area contributed by atoms with E-state index in [2.05, 4.69) is 176 Å². The van der Waals surface area contributed by atoms with Gasteiger partial charge in [0.1, 0.15) is 11.2 Å². The number of rotatable bonds is 3. The first kappa shape index (κ1) is 28.2. The number of fused-ring (bicyclic) bond motifs is 9. The minimum Gasteiger partial charge on any atom is -0.456 e. The predicted molar refractivity (Wildman–Crippen MR) is 218 cm³/mol. The lowest BCUT2D eigenvalue weighted by atomic mass is 9.82. The van der Waals surface area contributed by atoms with Gasteiger partial charge in [0.15, 0.2) is 0 Å². The normalized spacial score (nSPS) is 11.9. The maximum Gasteiger partial charge on any atom is 0.135 e. The monoisotopic (exact) mass is 646 g/mol. The van der Waals surface area contributed by atoms with Crippen molar-refractivity contribution in [1.82, 2.24) is 0 Å². The Kier molecular flexibility index (Phi) is 6.02. The Bertz CT molecular complexity index is 3200. The van der Waals surface area contributed by atoms with Gasteiger partial charge in [0.05, 0.1) is 0 Å². The van der Waals surface area contributed by atoms with Crippen molar-refractivity contribution in [2.75, 3.05) is 0 Å². The molecule has 0 atom stereocenters. The molecule has 0 aliphatic carbocycles. The molecular weight excluding hydrogens is 617 g/mol. The molecule has 0 aliphatic heterocycles. The van der Waals surface area contributed by atoms with Crippen molar-refractivity contribution in [3.8, 4) is 33.4 Å². The zero-order valence-electron chi connectivity index (χ0n) is 27.7. The van der Waals surface area contributed by atoms with Gasteiger partial charge < -0.3 is 4.42 Å². The van der Waals surface area contributed by atoms with Crippen LogP contribution in [0.1, 0.15) is 0 Å². The second kappa shape index (κ2) is 10.9. The van der Waals surface area contributed by atoms with Crippen LogP contribution in [0, 0.1) is 0 Å². The number of hydrogen-bond donors (Lipinski definition) is 0. The molecule has 0 saturated heterocycles. The number of para-hydroxylation sites is 1. The van der Waals surface area contributed by atoms with Crippen LogP contribution in [0.15, 0.2) is 186 Å². The van der Waals surface area contributed by atoms with Crippen LogP contribution in [0.25, 0.3) is 109 Å². The Morgan fingerprint density at radius 2 is 0.804 bits per heavy atom. The fraction of sp³-hybridized carbons (Fsp3) is 0. The van der Waals surface area contributed by atoms with E-state index < -0.39 is 0 Å². The first-order valence-corrected chi connectivity index (χ1v) is 17.6. The summed E-state index contributed by atoms with van der Waals surface area (Å²) >= 11 is 0. The van der Waals surface area contributed by atoms with Crippen LogP contribution < -0.4 is 0 Å². The lowest BCUT2D eigenvalue weighted by Gasteiger charge is -2.20. The van der Waals surface area contributed by atoms with Crippen LogP contribution in [0.4, 0.5) is 0 Å². The molecule has 1 aromatic heterocycles. The van der Waals surface area contributed by atoms with E-state index >= 15 is 0 Å². The van der Waals surface area contributed by atoms with Crippen LogP contribution in [0.3, 0.4) is 0 Å². The van der Waals surface area contributed by atoms with Crippen LogP contribution in [-0.2, 0) is 0 Å². The van der Waals surface area contributed by atoms with E-state index in [-0.39, 0.29) is 0 Å². The predicted octanol–water partition coefficient (Wildman–Crippen LogP) is 14.4. The summed E-state index contributed by atoms with van der Waals surface area (Å²) < 4.78 is 6.27. The fourth-order valence-electron chi connectivity index (χ4n) is 8.47. The quantitative estimate of drug-likeness (QED) is 0.138. The largest absolute Gasteiger partial charge is 0.456 e. The van der Waals surface area contributed by atoms with E-state index in [0.29, 0.717) is 0 Å². The van der Waals surface area contributed by atoms with E-state index in [4.69, 9.17) is 4.42 Å². The molecule has 0 amide bonds. The number of furan rings is 1. The average molecular weight is 647 g/mol. The lowest BCUT2D eigenvalue weighted by molar-refractivity contribution is 0.669. The van der Waals surface area contributed by atoms with Crippen LogP contribution in [0.2, 0.25) is 0 Å². The van der Waals surface area contributed by atoms with Crippen molar-refractivity contribution in [2.24, 2.45) is 0 Å². The SMILES string of the molecule is c1ccc2cc(-c3ccc4c(-c5ccc6oc7ccccc7c6c5)c5ccccc5c(-c5cc6ccccc6c6ccccc56)c4c3)ccc2c1. The molecular formula is C50H30O. The second-order valence-corrected chi connectivity index (χ2v) is 13.6. The molecule has 0 spiro atoms. The number of benzene rings is 10. The van der Waals surface area contributed by atoms with Crippen molar-refractivity contribution in [2.45, 2.75) is 0 Å². The maximum atomic E-state index is 6.27. The smallest absolute Gasteiger partial charge is 0.135 e. The average Bonchev–Trinajstić information content (AvgIpc) is 3.57. The highest BCUT2D eigenvalue weighted by Gasteiger charge is 2.20. The van der Waals surface area contributed by atoms with Crippen molar-refractivity contribution in [1.29, 1.82) is 0 Å². The van der Waals surface area contributed by atoms with Gasteiger partial charge in [0.2, 0.25) is 0 Å². The molecule has 0 saturated carbocycles. The molecule has 0 N–H and O–H groups in total. The Morgan fingerprint density at radius 1 is 0.255 bits per heavy atom. The molecule has 236 valence electrons. The summed E-state index contributed by atoms with van der Waals surface area (Å²) in [6.07, 6.45) is 0. The van der Waals surface area contributed by atoms with Gasteiger partial charge in [-0.3, -0.25) is 0 Å². The molecule has 1 heteroatoms. The summed E-state index contributed by atoms with van der Waals surface area (Å²) in [6.45, 7) is 0. The van der Waals surface area contributed by atoms with E-state index in [0.717, 1.165) is 21.9 Å². The molecule has 0 aliphatic rings. The standard InChI is InChI=1S/C50H30O/c1-2-12-32-27-33(22-21-31(32)11-1)34-23-25-43-46(28-34)50(45-29-35-13-3-4-14-37(35)38-15-5-6-16-39(38)45)42-19-8-7-18-41(42)49(43)36-24-26-48-44(30-36)40-17-9-10-20-47(40)51-48/h1-30H. The summed E-state index contributed by atoms with van der Waals surface area (Å²) in [6, 6.07) is 66.6. The summed E-state index contributed by atoms with van der Waals surface area (Å²) in [5, 5.41) is 14.8. The molecule has 0 radical (unpaired) electrons. The zero-order valence-corrected chi connectivity index (χ0v) is 27.7. The van der Waals surface area contributed by atoms with E-state index in [1.807, 2.05) is 6.07 Å². The maximum absolute atomic E-state index is 6.27. The highest BCUT2D eigenvalue weighted by Crippen LogP contribution is 2.48. The first-order valence-electron chi connectivity index (χ1n) is 17.6. The molecule has 51 heavy (non-hydrogen) atoms. The van der Waals surface area contributed by atoms with Gasteiger partial charge in [-0.25, -0.2) is 0 Å². The van der Waals surface area contributed by atoms with E-state index in [1.165, 1.54) is 87.2 Å². The first-order chi connectivity index (χ1) is 25.3. The summed E-state index contributed by atoms with van der Waals surface area (Å²) in [5.41, 5.74) is 9.19. The molecule has 0 unspecified atom stereocenters. The lowest BCUT2D eigenvalue weighted by Crippen LogP contribution is -1.93. The van der Waals surface area contributed by atoms with Crippen molar-refractivity contribution in [3.63, 3.8) is 0 Å². The van der Waals surface area contributed by atoms with Gasteiger partial charge in [0, 0.05) is 10.8 Å². The van der Waals surface area contributed by atoms with E-state index in [1.54, 1.807) is 0 Å². The van der Waals surface area contributed by atoms with Crippen LogP contribution in [-0.4, -0.2) is 0 Å². The van der Waals surface area contributed by atoms with Gasteiger partial charge in [-0.05, 0) is 124 Å². The van der Waals surface area contributed by atoms with Gasteiger partial charge in [-0.1, -0.05) is 146 Å². The third kappa shape index (κ3) is 4.28. The molecule has 11 rings (SSSR count). The van der Waals surface area contributed by atoms with Gasteiger partial charge in [0.25, 0.3) is 0 Å². The van der Waals surface area contributed by atoms with E-state index in [9.17, 15) is 0 Å². The Morgan fingerprint density at radius 3 is 1.65 bits per heavy atom. The fourth-order valence-corrected chi connectivity index (χ4v) is 8.47. The number of hydrogen-bond acceptors (Lipinski definition) is 1. The third-order valence-electron chi connectivity index (χ3n) is 10.8. The highest BCUT2D eigenvalue weighted by molar-refractivity contribution is 6.26. The Labute approximate surface area is 294 Å². The molecule has 10 aromatic carbocycles. The van der Waals surface area contributed by atoms with Crippen molar-refractivity contribution >= 4 is 75.8 Å². The van der Waals surface area contributed by atoms with Crippen molar-refractivity contribution < 1.29 is 4.42 Å². The minimum atomic E-state index is 0.909. The Balaban J connectivity index is 1.29. The van der Waals surface area contributed by atoms with Crippen LogP contribution >= 0.6 is 0 Å². The minimum absolute atomic E-state index is 0.909. The third-order valence-corrected chi connectivity index (χ3v) is 10.8. The molecule has 0 bridgehead atoms. The van der Waals surface area contributed by atoms with Gasteiger partial charge >= 0.3 is 0 Å². The molecule has 0 fully saturated rings. The molecule has 1 heterocycles. The van der Waals surface area contributed by atoms with Crippen LogP contribution in [0.5, 0.6) is 0 Å². The second-order valence-electron chi connectivity index (χ2n) is 13.6. The topological polar surface area (TPSA) is 13.1 Å². The molecule has 1 nitrogen and oxygen atoms in total. The van der Waals surface area contributed by atoms with Crippen molar-refractivity contribution in [3.05, 3.63) is 182 Å². The summed E-state index contributed by atoms with van der Waals surface area (Å²) in [4.78, 5) is 0. The molecule has 11 aromatic rings. The zero-order chi connectivity index (χ0) is 33.5. The highest BCUT2D eigenvalue weighted by atomic mass is 16.3. The summed E-state index contributed by atoms with van der Waals surface area (Å²) in [5.74, 6) is 0. The van der Waals surface area contributed by atoms with Gasteiger partial charge in [-0.15, -0.1) is 0 Å².